The maximum absolute atomic E-state index is 12.5. The van der Waals surface area contributed by atoms with Crippen LogP contribution in [0.4, 0.5) is 4.79 Å². The maximum atomic E-state index is 12.5. The molecule has 23 heavy (non-hydrogen) atoms. The summed E-state index contributed by atoms with van der Waals surface area (Å²) in [7, 11) is 0. The zero-order valence-electron chi connectivity index (χ0n) is 14.9. The summed E-state index contributed by atoms with van der Waals surface area (Å²) in [5, 5.41) is 5.93. The van der Waals surface area contributed by atoms with Crippen molar-refractivity contribution >= 4 is 11.8 Å². The number of hydrogen-bond donors (Lipinski definition) is 0. The number of amides is 1. The number of benzene rings is 1. The van der Waals surface area contributed by atoms with Gasteiger partial charge in [0.2, 0.25) is 0 Å². The highest BCUT2D eigenvalue weighted by Crippen LogP contribution is 2.17. The zero-order valence-corrected chi connectivity index (χ0v) is 14.9. The number of carbonyl (C=O) groups excluding carboxylic acids is 1. The largest absolute Gasteiger partial charge is 0.442 e. The number of ether oxygens (including phenoxy) is 1. The van der Waals surface area contributed by atoms with Crippen molar-refractivity contribution in [3.05, 3.63) is 48.6 Å². The molecule has 0 aliphatic rings. The minimum Gasteiger partial charge on any atom is -0.442 e. The smallest absolute Gasteiger partial charge is 0.431 e. The van der Waals surface area contributed by atoms with Crippen molar-refractivity contribution in [2.45, 2.75) is 59.1 Å². The second-order valence-corrected chi connectivity index (χ2v) is 6.47. The van der Waals surface area contributed by atoms with Crippen LogP contribution in [0.15, 0.2) is 48.1 Å². The van der Waals surface area contributed by atoms with E-state index in [1.54, 1.807) is 6.08 Å². The Hall–Kier alpha value is -2.10. The number of rotatable bonds is 6. The van der Waals surface area contributed by atoms with Gasteiger partial charge >= 0.3 is 6.09 Å². The van der Waals surface area contributed by atoms with E-state index in [9.17, 15) is 4.79 Å². The van der Waals surface area contributed by atoms with Crippen LogP contribution >= 0.6 is 0 Å². The third-order valence-corrected chi connectivity index (χ3v) is 3.20. The summed E-state index contributed by atoms with van der Waals surface area (Å²) in [5.74, 6) is 0. The van der Waals surface area contributed by atoms with Crippen molar-refractivity contribution < 1.29 is 9.53 Å². The molecule has 0 N–H and O–H groups in total. The van der Waals surface area contributed by atoms with Gasteiger partial charge in [-0.05, 0) is 39.7 Å². The highest BCUT2D eigenvalue weighted by molar-refractivity contribution is 5.99. The lowest BCUT2D eigenvalue weighted by atomic mass is 10.1. The number of carbonyl (C=O) groups is 1. The second kappa shape index (κ2) is 8.51. The minimum atomic E-state index is -0.566. The molecule has 0 aromatic heterocycles. The topological polar surface area (TPSA) is 41.9 Å². The van der Waals surface area contributed by atoms with Crippen LogP contribution < -0.4 is 0 Å². The quantitative estimate of drug-likeness (QED) is 0.421. The fourth-order valence-corrected chi connectivity index (χ4v) is 2.09. The summed E-state index contributed by atoms with van der Waals surface area (Å²) in [4.78, 5) is 12.5. The van der Waals surface area contributed by atoms with Crippen molar-refractivity contribution in [2.75, 3.05) is 0 Å². The summed E-state index contributed by atoms with van der Waals surface area (Å²) >= 11 is 0. The monoisotopic (exact) mass is 316 g/mol. The van der Waals surface area contributed by atoms with Gasteiger partial charge in [0.05, 0.1) is 11.8 Å². The Morgan fingerprint density at radius 3 is 2.43 bits per heavy atom. The molecule has 0 aliphatic carbocycles. The molecule has 4 heteroatoms. The molecule has 0 heterocycles. The molecular formula is C19H28N2O2. The third-order valence-electron chi connectivity index (χ3n) is 3.20. The van der Waals surface area contributed by atoms with Gasteiger partial charge in [-0.2, -0.15) is 10.1 Å². The molecule has 0 radical (unpaired) electrons. The molecular weight excluding hydrogens is 288 g/mol. The molecule has 1 aromatic rings. The van der Waals surface area contributed by atoms with E-state index in [2.05, 4.69) is 18.6 Å². The van der Waals surface area contributed by atoms with E-state index in [4.69, 9.17) is 4.74 Å². The second-order valence-electron chi connectivity index (χ2n) is 6.47. The third kappa shape index (κ3) is 6.27. The molecule has 0 aliphatic heterocycles. The standard InChI is InChI=1S/C19H28N2O2/c1-7-12-17(8-2)21(18(22)23-19(4,5)6)20-15(3)16-13-10-9-11-14-16/h8-11,13-14,17H,2,7,12H2,1,3-6H3/b20-15+. The van der Waals surface area contributed by atoms with Crippen LogP contribution in [-0.2, 0) is 4.74 Å². The van der Waals surface area contributed by atoms with Crippen molar-refractivity contribution in [1.29, 1.82) is 0 Å². The number of hydrogen-bond acceptors (Lipinski definition) is 3. The molecule has 0 spiro atoms. The predicted octanol–water partition coefficient (Wildman–Crippen LogP) is 5.00. The lowest BCUT2D eigenvalue weighted by molar-refractivity contribution is 0.0198. The van der Waals surface area contributed by atoms with E-state index >= 15 is 0 Å². The first kappa shape index (κ1) is 18.9. The molecule has 1 aromatic carbocycles. The fourth-order valence-electron chi connectivity index (χ4n) is 2.09. The summed E-state index contributed by atoms with van der Waals surface area (Å²) in [6.07, 6.45) is 3.01. The van der Waals surface area contributed by atoms with Gasteiger partial charge in [-0.25, -0.2) is 4.79 Å². The lowest BCUT2D eigenvalue weighted by Crippen LogP contribution is -2.39. The van der Waals surface area contributed by atoms with Gasteiger partial charge in [-0.3, -0.25) is 0 Å². The van der Waals surface area contributed by atoms with E-state index in [0.717, 1.165) is 24.1 Å². The van der Waals surface area contributed by atoms with Crippen molar-refractivity contribution in [3.8, 4) is 0 Å². The Bertz CT molecular complexity index is 544. The summed E-state index contributed by atoms with van der Waals surface area (Å²) in [5.41, 5.74) is 1.17. The van der Waals surface area contributed by atoms with Crippen LogP contribution in [0.1, 0.15) is 53.0 Å². The van der Waals surface area contributed by atoms with Crippen LogP contribution in [0, 0.1) is 0 Å². The molecule has 1 rings (SSSR count). The Balaban J connectivity index is 3.12. The Morgan fingerprint density at radius 2 is 1.96 bits per heavy atom. The zero-order chi connectivity index (χ0) is 17.5. The molecule has 126 valence electrons. The number of nitrogens with zero attached hydrogens (tertiary/aromatic N) is 2. The Morgan fingerprint density at radius 1 is 1.35 bits per heavy atom. The maximum Gasteiger partial charge on any atom is 0.431 e. The summed E-state index contributed by atoms with van der Waals surface area (Å²) in [6, 6.07) is 9.59. The Kier molecular flexibility index (Phi) is 7.01. The molecule has 1 unspecified atom stereocenters. The van der Waals surface area contributed by atoms with E-state index < -0.39 is 11.7 Å². The van der Waals surface area contributed by atoms with E-state index in [1.807, 2.05) is 58.0 Å². The van der Waals surface area contributed by atoms with Gasteiger partial charge in [0.15, 0.2) is 0 Å². The summed E-state index contributed by atoms with van der Waals surface area (Å²) in [6.45, 7) is 13.3. The van der Waals surface area contributed by atoms with Crippen LogP contribution in [0.3, 0.4) is 0 Å². The van der Waals surface area contributed by atoms with Gasteiger partial charge in [0.1, 0.15) is 5.60 Å². The molecule has 1 amide bonds. The van der Waals surface area contributed by atoms with Gasteiger partial charge in [-0.1, -0.05) is 49.8 Å². The molecule has 0 fully saturated rings. The van der Waals surface area contributed by atoms with Crippen LogP contribution in [-0.4, -0.2) is 28.5 Å². The van der Waals surface area contributed by atoms with E-state index in [1.165, 1.54) is 5.01 Å². The van der Waals surface area contributed by atoms with E-state index in [-0.39, 0.29) is 6.04 Å². The van der Waals surface area contributed by atoms with Crippen LogP contribution in [0.5, 0.6) is 0 Å². The van der Waals surface area contributed by atoms with Crippen LogP contribution in [0.2, 0.25) is 0 Å². The predicted molar refractivity (Wildman–Crippen MR) is 95.6 cm³/mol. The first-order valence-corrected chi connectivity index (χ1v) is 8.04. The van der Waals surface area contributed by atoms with Crippen molar-refractivity contribution in [1.82, 2.24) is 5.01 Å². The lowest BCUT2D eigenvalue weighted by Gasteiger charge is -2.29. The summed E-state index contributed by atoms with van der Waals surface area (Å²) < 4.78 is 5.50. The molecule has 0 bridgehead atoms. The van der Waals surface area contributed by atoms with Crippen molar-refractivity contribution in [3.63, 3.8) is 0 Å². The average molecular weight is 316 g/mol. The van der Waals surface area contributed by atoms with Crippen LogP contribution in [0.25, 0.3) is 0 Å². The number of hydrazone groups is 1. The first-order valence-electron chi connectivity index (χ1n) is 8.04. The Labute approximate surface area is 139 Å². The van der Waals surface area contributed by atoms with Gasteiger partial charge in [0.25, 0.3) is 0 Å². The molecule has 0 saturated carbocycles. The SMILES string of the molecule is C=CC(CCC)N(/N=C(\C)c1ccccc1)C(=O)OC(C)(C)C. The highest BCUT2D eigenvalue weighted by Gasteiger charge is 2.26. The normalized spacial score (nSPS) is 13.3. The molecule has 0 saturated heterocycles. The average Bonchev–Trinajstić information content (AvgIpc) is 2.49. The van der Waals surface area contributed by atoms with Gasteiger partial charge in [-0.15, -0.1) is 6.58 Å². The fraction of sp³-hybridized carbons (Fsp3) is 0.474. The highest BCUT2D eigenvalue weighted by atomic mass is 16.6. The van der Waals surface area contributed by atoms with E-state index in [0.29, 0.717) is 0 Å². The minimum absolute atomic E-state index is 0.187. The first-order chi connectivity index (χ1) is 10.8. The molecule has 4 nitrogen and oxygen atoms in total. The van der Waals surface area contributed by atoms with Crippen molar-refractivity contribution in [2.24, 2.45) is 5.10 Å². The van der Waals surface area contributed by atoms with Gasteiger partial charge in [0, 0.05) is 0 Å². The van der Waals surface area contributed by atoms with Gasteiger partial charge < -0.3 is 4.74 Å². The molecule has 1 atom stereocenters.